The molecule has 1 aromatic heterocycles. The van der Waals surface area contributed by atoms with E-state index in [2.05, 4.69) is 20.7 Å². The van der Waals surface area contributed by atoms with Gasteiger partial charge in [0.15, 0.2) is 5.82 Å². The molecule has 7 nitrogen and oxygen atoms in total. The van der Waals surface area contributed by atoms with Crippen molar-refractivity contribution in [2.75, 3.05) is 32.6 Å². The third-order valence-corrected chi connectivity index (χ3v) is 7.37. The number of allylic oxidation sites excluding steroid dienone is 4. The first-order valence-corrected chi connectivity index (χ1v) is 12.7. The monoisotopic (exact) mass is 503 g/mol. The maximum atomic E-state index is 15.9. The highest BCUT2D eigenvalue weighted by atomic mass is 35.5. The number of imidazole rings is 1. The first kappa shape index (κ1) is 25.7. The van der Waals surface area contributed by atoms with E-state index in [0.29, 0.717) is 24.6 Å². The number of halogens is 2. The second-order valence-corrected chi connectivity index (χ2v) is 10.4. The average molecular weight is 504 g/mol. The smallest absolute Gasteiger partial charge is 0.277 e. The quantitative estimate of drug-likeness (QED) is 0.322. The van der Waals surface area contributed by atoms with Crippen molar-refractivity contribution < 1.29 is 14.0 Å². The number of carbonyl (C=O) groups is 1. The van der Waals surface area contributed by atoms with Gasteiger partial charge in [-0.2, -0.15) is 0 Å². The molecule has 9 heteroatoms. The van der Waals surface area contributed by atoms with Crippen molar-refractivity contribution in [3.8, 4) is 0 Å². The maximum absolute atomic E-state index is 15.9. The SMILES string of the molecule is CC1C(Cl)=CC=C(Nc2c(C(=O)NOCC3CC3)cc3c(ncn3CCCCN(C)C)c2F)C1C. The van der Waals surface area contributed by atoms with Gasteiger partial charge in [0, 0.05) is 23.2 Å². The average Bonchev–Trinajstić information content (AvgIpc) is 3.56. The van der Waals surface area contributed by atoms with Gasteiger partial charge in [-0.3, -0.25) is 9.63 Å². The first-order valence-electron chi connectivity index (χ1n) is 12.3. The van der Waals surface area contributed by atoms with Crippen LogP contribution in [0.25, 0.3) is 11.0 Å². The number of nitrogens with one attached hydrogen (secondary N) is 2. The molecule has 2 N–H and O–H groups in total. The first-order chi connectivity index (χ1) is 16.8. The van der Waals surface area contributed by atoms with Crippen molar-refractivity contribution >= 4 is 34.2 Å². The van der Waals surface area contributed by atoms with Crippen LogP contribution in [0, 0.1) is 23.6 Å². The molecule has 0 aliphatic heterocycles. The summed E-state index contributed by atoms with van der Waals surface area (Å²) in [7, 11) is 4.08. The standard InChI is InChI=1S/C26H35ClFN5O2/c1-16-17(2)21(10-9-20(16)27)30-24-19(26(34)31-35-14-18-7-8-18)13-22-25(23(24)28)29-15-33(22)12-6-5-11-32(3)4/h9-10,13,15-18,30H,5-8,11-12,14H2,1-4H3,(H,31,34). The fourth-order valence-electron chi connectivity index (χ4n) is 4.19. The van der Waals surface area contributed by atoms with Crippen molar-refractivity contribution in [2.45, 2.75) is 46.1 Å². The predicted molar refractivity (Wildman–Crippen MR) is 138 cm³/mol. The van der Waals surface area contributed by atoms with Gasteiger partial charge in [0.25, 0.3) is 5.91 Å². The van der Waals surface area contributed by atoms with Crippen molar-refractivity contribution in [1.29, 1.82) is 0 Å². The van der Waals surface area contributed by atoms with Crippen LogP contribution in [0.2, 0.25) is 0 Å². The number of aromatic nitrogens is 2. The summed E-state index contributed by atoms with van der Waals surface area (Å²) in [6.07, 6.45) is 9.44. The lowest BCUT2D eigenvalue weighted by Crippen LogP contribution is -2.27. The molecule has 2 aromatic rings. The molecule has 1 saturated carbocycles. The van der Waals surface area contributed by atoms with E-state index < -0.39 is 11.7 Å². The van der Waals surface area contributed by atoms with E-state index in [9.17, 15) is 4.79 Å². The molecule has 1 aromatic carbocycles. The number of rotatable bonds is 11. The highest BCUT2D eigenvalue weighted by Gasteiger charge is 2.28. The van der Waals surface area contributed by atoms with Gasteiger partial charge in [-0.05, 0) is 76.4 Å². The Balaban J connectivity index is 1.65. The summed E-state index contributed by atoms with van der Waals surface area (Å²) in [6.45, 7) is 6.18. The number of hydrogen-bond acceptors (Lipinski definition) is 5. The number of hydrogen-bond donors (Lipinski definition) is 2. The van der Waals surface area contributed by atoms with E-state index in [1.165, 1.54) is 0 Å². The Morgan fingerprint density at radius 1 is 1.26 bits per heavy atom. The summed E-state index contributed by atoms with van der Waals surface area (Å²) in [5, 5.41) is 3.94. The fourth-order valence-corrected chi connectivity index (χ4v) is 4.44. The molecule has 2 atom stereocenters. The molecule has 2 aliphatic carbocycles. The molecule has 35 heavy (non-hydrogen) atoms. The third kappa shape index (κ3) is 6.05. The zero-order chi connectivity index (χ0) is 25.1. The van der Waals surface area contributed by atoms with Crippen molar-refractivity contribution in [1.82, 2.24) is 19.9 Å². The van der Waals surface area contributed by atoms with Crippen LogP contribution in [0.5, 0.6) is 0 Å². The second-order valence-electron chi connectivity index (χ2n) is 9.99. The third-order valence-electron chi connectivity index (χ3n) is 6.90. The number of benzene rings is 1. The minimum Gasteiger partial charge on any atom is -0.356 e. The Labute approximate surface area is 211 Å². The van der Waals surface area contributed by atoms with Crippen molar-refractivity contribution in [3.63, 3.8) is 0 Å². The highest BCUT2D eigenvalue weighted by molar-refractivity contribution is 6.30. The zero-order valence-corrected chi connectivity index (χ0v) is 21.7. The largest absolute Gasteiger partial charge is 0.356 e. The molecule has 1 heterocycles. The van der Waals surface area contributed by atoms with Crippen molar-refractivity contribution in [3.05, 3.63) is 46.7 Å². The molecule has 4 rings (SSSR count). The molecule has 2 unspecified atom stereocenters. The topological polar surface area (TPSA) is 71.4 Å². The highest BCUT2D eigenvalue weighted by Crippen LogP contribution is 2.36. The number of fused-ring (bicyclic) bond motifs is 1. The molecule has 0 bridgehead atoms. The minimum atomic E-state index is -0.553. The van der Waals surface area contributed by atoms with Gasteiger partial charge in [-0.15, -0.1) is 0 Å². The molecular weight excluding hydrogens is 469 g/mol. The Bertz CT molecular complexity index is 1140. The zero-order valence-electron chi connectivity index (χ0n) is 20.9. The molecule has 0 radical (unpaired) electrons. The van der Waals surface area contributed by atoms with Gasteiger partial charge in [0.1, 0.15) is 5.52 Å². The normalized spacial score (nSPS) is 20.2. The van der Waals surface area contributed by atoms with Crippen LogP contribution >= 0.6 is 11.6 Å². The van der Waals surface area contributed by atoms with Gasteiger partial charge in [-0.1, -0.05) is 25.4 Å². The van der Waals surface area contributed by atoms with Crippen LogP contribution in [0.3, 0.4) is 0 Å². The summed E-state index contributed by atoms with van der Waals surface area (Å²) >= 11 is 6.30. The predicted octanol–water partition coefficient (Wildman–Crippen LogP) is 5.29. The molecule has 2 aliphatic rings. The maximum Gasteiger partial charge on any atom is 0.277 e. The lowest BCUT2D eigenvalue weighted by molar-refractivity contribution is 0.0271. The van der Waals surface area contributed by atoms with Gasteiger partial charge >= 0.3 is 0 Å². The molecular formula is C26H35ClFN5O2. The number of hydroxylamine groups is 1. The van der Waals surface area contributed by atoms with Gasteiger partial charge in [-0.25, -0.2) is 14.9 Å². The van der Waals surface area contributed by atoms with Crippen molar-refractivity contribution in [2.24, 2.45) is 17.8 Å². The number of anilines is 1. The lowest BCUT2D eigenvalue weighted by atomic mass is 9.88. The van der Waals surface area contributed by atoms with Crippen LogP contribution in [-0.2, 0) is 11.4 Å². The van der Waals surface area contributed by atoms with E-state index in [-0.39, 0.29) is 28.6 Å². The summed E-state index contributed by atoms with van der Waals surface area (Å²) in [6, 6.07) is 1.70. The van der Waals surface area contributed by atoms with Gasteiger partial charge < -0.3 is 14.8 Å². The Morgan fingerprint density at radius 2 is 2.03 bits per heavy atom. The molecule has 0 spiro atoms. The molecule has 1 fully saturated rings. The van der Waals surface area contributed by atoms with Gasteiger partial charge in [0.2, 0.25) is 0 Å². The summed E-state index contributed by atoms with van der Waals surface area (Å²) in [4.78, 5) is 25.0. The number of aryl methyl sites for hydroxylation is 1. The fraction of sp³-hybridized carbons (Fsp3) is 0.538. The van der Waals surface area contributed by atoms with E-state index in [1.54, 1.807) is 12.4 Å². The second kappa shape index (κ2) is 11.1. The Morgan fingerprint density at radius 3 is 2.74 bits per heavy atom. The molecule has 1 amide bonds. The van der Waals surface area contributed by atoms with E-state index in [4.69, 9.17) is 16.4 Å². The molecule has 190 valence electrons. The van der Waals surface area contributed by atoms with E-state index in [1.807, 2.05) is 44.7 Å². The van der Waals surface area contributed by atoms with Crippen LogP contribution in [0.1, 0.15) is 49.9 Å². The van der Waals surface area contributed by atoms with Crippen LogP contribution < -0.4 is 10.8 Å². The van der Waals surface area contributed by atoms with E-state index in [0.717, 1.165) is 43.0 Å². The van der Waals surface area contributed by atoms with Crippen LogP contribution in [-0.4, -0.2) is 47.6 Å². The van der Waals surface area contributed by atoms with E-state index >= 15 is 4.39 Å². The Kier molecular flexibility index (Phi) is 8.14. The number of unbranched alkanes of at least 4 members (excludes halogenated alkanes) is 1. The number of nitrogens with zero attached hydrogens (tertiary/aromatic N) is 3. The number of amides is 1. The summed E-state index contributed by atoms with van der Waals surface area (Å²) in [5.41, 5.74) is 4.40. The van der Waals surface area contributed by atoms with Crippen LogP contribution in [0.4, 0.5) is 10.1 Å². The molecule has 0 saturated heterocycles. The van der Waals surface area contributed by atoms with Gasteiger partial charge in [0.05, 0.1) is 29.7 Å². The summed E-state index contributed by atoms with van der Waals surface area (Å²) in [5.74, 6) is -0.444. The summed E-state index contributed by atoms with van der Waals surface area (Å²) < 4.78 is 17.8. The number of carbonyl (C=O) groups excluding carboxylic acids is 1. The Hall–Kier alpha value is -2.42. The van der Waals surface area contributed by atoms with Crippen LogP contribution in [0.15, 0.2) is 35.3 Å². The minimum absolute atomic E-state index is 0.0267. The lowest BCUT2D eigenvalue weighted by Gasteiger charge is -2.27.